The van der Waals surface area contributed by atoms with E-state index in [1.165, 1.54) is 0 Å². The first kappa shape index (κ1) is 18.4. The van der Waals surface area contributed by atoms with E-state index in [0.717, 1.165) is 22.5 Å². The van der Waals surface area contributed by atoms with E-state index in [2.05, 4.69) is 20.6 Å². The van der Waals surface area contributed by atoms with Gasteiger partial charge in [0.2, 0.25) is 0 Å². The van der Waals surface area contributed by atoms with Crippen LogP contribution in [-0.2, 0) is 0 Å². The standard InChI is InChI=1S/C21H22N4O2/c1-13-9-10-19(27-4)17(11-13)24-20-12-18(22-15(3)23-20)21(26)25-16-8-6-5-7-14(16)2/h5-12H,1-4H3,(H,25,26)(H,22,23,24). The fourth-order valence-corrected chi connectivity index (χ4v) is 2.71. The van der Waals surface area contributed by atoms with E-state index in [0.29, 0.717) is 23.1 Å². The second-order valence-electron chi connectivity index (χ2n) is 6.28. The molecule has 0 atom stereocenters. The minimum absolute atomic E-state index is 0.283. The average molecular weight is 362 g/mol. The topological polar surface area (TPSA) is 76.1 Å². The van der Waals surface area contributed by atoms with E-state index < -0.39 is 0 Å². The Hall–Kier alpha value is -3.41. The predicted molar refractivity (Wildman–Crippen MR) is 107 cm³/mol. The number of ether oxygens (including phenoxy) is 1. The van der Waals surface area contributed by atoms with Crippen LogP contribution in [0.25, 0.3) is 0 Å². The number of para-hydroxylation sites is 1. The summed E-state index contributed by atoms with van der Waals surface area (Å²) in [6.07, 6.45) is 0. The summed E-state index contributed by atoms with van der Waals surface area (Å²) in [4.78, 5) is 21.3. The number of nitrogens with one attached hydrogen (secondary N) is 2. The molecular formula is C21H22N4O2. The van der Waals surface area contributed by atoms with Crippen molar-refractivity contribution in [3.8, 4) is 5.75 Å². The molecule has 1 heterocycles. The molecule has 6 heteroatoms. The van der Waals surface area contributed by atoms with Crippen LogP contribution in [0.2, 0.25) is 0 Å². The highest BCUT2D eigenvalue weighted by molar-refractivity contribution is 6.03. The lowest BCUT2D eigenvalue weighted by Crippen LogP contribution is -2.16. The van der Waals surface area contributed by atoms with Crippen LogP contribution in [0, 0.1) is 20.8 Å². The molecule has 6 nitrogen and oxygen atoms in total. The van der Waals surface area contributed by atoms with Gasteiger partial charge >= 0.3 is 0 Å². The first-order valence-corrected chi connectivity index (χ1v) is 8.60. The largest absolute Gasteiger partial charge is 0.495 e. The Morgan fingerprint density at radius 3 is 2.48 bits per heavy atom. The van der Waals surface area contributed by atoms with Gasteiger partial charge < -0.3 is 15.4 Å². The smallest absolute Gasteiger partial charge is 0.274 e. The van der Waals surface area contributed by atoms with Crippen LogP contribution in [0.3, 0.4) is 0 Å². The fourth-order valence-electron chi connectivity index (χ4n) is 2.71. The molecule has 2 aromatic carbocycles. The fraction of sp³-hybridized carbons (Fsp3) is 0.190. The molecule has 3 aromatic rings. The number of hydrogen-bond acceptors (Lipinski definition) is 5. The number of aryl methyl sites for hydroxylation is 3. The van der Waals surface area contributed by atoms with Crippen molar-refractivity contribution < 1.29 is 9.53 Å². The van der Waals surface area contributed by atoms with Gasteiger partial charge in [0, 0.05) is 11.8 Å². The average Bonchev–Trinajstić information content (AvgIpc) is 2.63. The second kappa shape index (κ2) is 7.86. The highest BCUT2D eigenvalue weighted by Crippen LogP contribution is 2.28. The first-order valence-electron chi connectivity index (χ1n) is 8.60. The Labute approximate surface area is 158 Å². The van der Waals surface area contributed by atoms with Crippen molar-refractivity contribution in [1.82, 2.24) is 9.97 Å². The van der Waals surface area contributed by atoms with Gasteiger partial charge in [-0.2, -0.15) is 0 Å². The third kappa shape index (κ3) is 4.41. The molecule has 0 radical (unpaired) electrons. The first-order chi connectivity index (χ1) is 13.0. The van der Waals surface area contributed by atoms with Crippen LogP contribution in [0.15, 0.2) is 48.5 Å². The summed E-state index contributed by atoms with van der Waals surface area (Å²) in [5.74, 6) is 1.44. The zero-order valence-corrected chi connectivity index (χ0v) is 15.8. The molecule has 0 aliphatic carbocycles. The number of carbonyl (C=O) groups is 1. The number of carbonyl (C=O) groups excluding carboxylic acids is 1. The van der Waals surface area contributed by atoms with E-state index in [9.17, 15) is 4.79 Å². The van der Waals surface area contributed by atoms with Crippen molar-refractivity contribution in [2.45, 2.75) is 20.8 Å². The van der Waals surface area contributed by atoms with Gasteiger partial charge in [-0.1, -0.05) is 24.3 Å². The molecule has 0 fully saturated rings. The van der Waals surface area contributed by atoms with E-state index >= 15 is 0 Å². The summed E-state index contributed by atoms with van der Waals surface area (Å²) >= 11 is 0. The zero-order chi connectivity index (χ0) is 19.4. The zero-order valence-electron chi connectivity index (χ0n) is 15.8. The van der Waals surface area contributed by atoms with Crippen LogP contribution < -0.4 is 15.4 Å². The second-order valence-corrected chi connectivity index (χ2v) is 6.28. The lowest BCUT2D eigenvalue weighted by molar-refractivity contribution is 0.102. The molecular weight excluding hydrogens is 340 g/mol. The number of benzene rings is 2. The summed E-state index contributed by atoms with van der Waals surface area (Å²) in [6, 6.07) is 15.1. The number of hydrogen-bond donors (Lipinski definition) is 2. The summed E-state index contributed by atoms with van der Waals surface area (Å²) in [5.41, 5.74) is 3.90. The quantitative estimate of drug-likeness (QED) is 0.703. The van der Waals surface area contributed by atoms with E-state index in [1.807, 2.05) is 56.3 Å². The van der Waals surface area contributed by atoms with Crippen LogP contribution >= 0.6 is 0 Å². The highest BCUT2D eigenvalue weighted by Gasteiger charge is 2.13. The molecule has 0 spiro atoms. The third-order valence-electron chi connectivity index (χ3n) is 4.08. The minimum Gasteiger partial charge on any atom is -0.495 e. The molecule has 27 heavy (non-hydrogen) atoms. The van der Waals surface area contributed by atoms with Crippen molar-refractivity contribution >= 4 is 23.1 Å². The predicted octanol–water partition coefficient (Wildman–Crippen LogP) is 4.41. The SMILES string of the molecule is COc1ccc(C)cc1Nc1cc(C(=O)Nc2ccccc2C)nc(C)n1. The number of rotatable bonds is 5. The molecule has 138 valence electrons. The molecule has 0 aliphatic heterocycles. The van der Waals surface area contributed by atoms with Crippen molar-refractivity contribution in [3.05, 3.63) is 71.2 Å². The number of amides is 1. The number of methoxy groups -OCH3 is 1. The third-order valence-corrected chi connectivity index (χ3v) is 4.08. The molecule has 1 amide bonds. The van der Waals surface area contributed by atoms with Crippen molar-refractivity contribution in [1.29, 1.82) is 0 Å². The number of anilines is 3. The molecule has 3 rings (SSSR count). The van der Waals surface area contributed by atoms with Gasteiger partial charge in [-0.05, 0) is 50.1 Å². The van der Waals surface area contributed by atoms with Crippen molar-refractivity contribution in [2.24, 2.45) is 0 Å². The minimum atomic E-state index is -0.283. The summed E-state index contributed by atoms with van der Waals surface area (Å²) in [6.45, 7) is 5.69. The summed E-state index contributed by atoms with van der Waals surface area (Å²) in [5, 5.41) is 6.11. The van der Waals surface area contributed by atoms with Gasteiger partial charge in [0.15, 0.2) is 0 Å². The molecule has 0 aliphatic rings. The molecule has 2 N–H and O–H groups in total. The van der Waals surface area contributed by atoms with Gasteiger partial charge in [0.05, 0.1) is 12.8 Å². The van der Waals surface area contributed by atoms with Crippen LogP contribution in [0.1, 0.15) is 27.4 Å². The molecule has 0 bridgehead atoms. The Balaban J connectivity index is 1.87. The van der Waals surface area contributed by atoms with Gasteiger partial charge in [0.25, 0.3) is 5.91 Å². The Bertz CT molecular complexity index is 986. The van der Waals surface area contributed by atoms with Gasteiger partial charge in [0.1, 0.15) is 23.1 Å². The summed E-state index contributed by atoms with van der Waals surface area (Å²) in [7, 11) is 1.61. The van der Waals surface area contributed by atoms with Crippen LogP contribution in [-0.4, -0.2) is 23.0 Å². The van der Waals surface area contributed by atoms with Crippen molar-refractivity contribution in [2.75, 3.05) is 17.7 Å². The summed E-state index contributed by atoms with van der Waals surface area (Å²) < 4.78 is 5.39. The molecule has 0 saturated heterocycles. The lowest BCUT2D eigenvalue weighted by Gasteiger charge is -2.13. The molecule has 1 aromatic heterocycles. The van der Waals surface area contributed by atoms with Gasteiger partial charge in [-0.3, -0.25) is 4.79 Å². The van der Waals surface area contributed by atoms with E-state index in [1.54, 1.807) is 20.1 Å². The normalized spacial score (nSPS) is 10.4. The Kier molecular flexibility index (Phi) is 5.35. The maximum Gasteiger partial charge on any atom is 0.274 e. The Morgan fingerprint density at radius 1 is 0.963 bits per heavy atom. The number of nitrogens with zero attached hydrogens (tertiary/aromatic N) is 2. The monoisotopic (exact) mass is 362 g/mol. The van der Waals surface area contributed by atoms with Crippen LogP contribution in [0.5, 0.6) is 5.75 Å². The van der Waals surface area contributed by atoms with Crippen molar-refractivity contribution in [3.63, 3.8) is 0 Å². The molecule has 0 saturated carbocycles. The van der Waals surface area contributed by atoms with E-state index in [4.69, 9.17) is 4.74 Å². The highest BCUT2D eigenvalue weighted by atomic mass is 16.5. The lowest BCUT2D eigenvalue weighted by atomic mass is 10.2. The maximum atomic E-state index is 12.6. The van der Waals surface area contributed by atoms with Gasteiger partial charge in [-0.15, -0.1) is 0 Å². The van der Waals surface area contributed by atoms with E-state index in [-0.39, 0.29) is 5.91 Å². The Morgan fingerprint density at radius 2 is 1.74 bits per heavy atom. The molecule has 0 unspecified atom stereocenters. The van der Waals surface area contributed by atoms with Crippen LogP contribution in [0.4, 0.5) is 17.2 Å². The maximum absolute atomic E-state index is 12.6. The number of aromatic nitrogens is 2. The van der Waals surface area contributed by atoms with Gasteiger partial charge in [-0.25, -0.2) is 9.97 Å².